The number of guanidine groups is 1. The number of rotatable bonds is 4. The molecule has 1 fully saturated rings. The fourth-order valence-corrected chi connectivity index (χ4v) is 4.21. The fraction of sp³-hybridized carbons (Fsp3) is 0.562. The van der Waals surface area contributed by atoms with E-state index in [0.29, 0.717) is 24.5 Å². The predicted molar refractivity (Wildman–Crippen MR) is 92.9 cm³/mol. The monoisotopic (exact) mass is 338 g/mol. The number of sulfonamides is 1. The lowest BCUT2D eigenvalue weighted by Gasteiger charge is -2.22. The Hall–Kier alpha value is -1.60. The van der Waals surface area contributed by atoms with E-state index in [-0.39, 0.29) is 0 Å². The molecule has 0 atom stereocenters. The lowest BCUT2D eigenvalue weighted by Crippen LogP contribution is -2.35. The Kier molecular flexibility index (Phi) is 5.64. The molecule has 0 aliphatic carbocycles. The van der Waals surface area contributed by atoms with Gasteiger partial charge in [0.1, 0.15) is 0 Å². The topological polar surface area (TPSA) is 56.2 Å². The van der Waals surface area contributed by atoms with Crippen molar-refractivity contribution in [2.24, 2.45) is 4.99 Å². The summed E-state index contributed by atoms with van der Waals surface area (Å²) >= 11 is 0. The summed E-state index contributed by atoms with van der Waals surface area (Å²) in [7, 11) is 4.46. The average Bonchev–Trinajstić information content (AvgIpc) is 3.02. The first-order valence-corrected chi connectivity index (χ1v) is 9.24. The van der Waals surface area contributed by atoms with Crippen LogP contribution in [0.2, 0.25) is 0 Å². The summed E-state index contributed by atoms with van der Waals surface area (Å²) in [6, 6.07) is 7.05. The second-order valence-electron chi connectivity index (χ2n) is 6.16. The van der Waals surface area contributed by atoms with Crippen LogP contribution < -0.4 is 0 Å². The van der Waals surface area contributed by atoms with Crippen molar-refractivity contribution < 1.29 is 8.42 Å². The van der Waals surface area contributed by atoms with Crippen LogP contribution in [0, 0.1) is 0 Å². The number of benzene rings is 1. The maximum Gasteiger partial charge on any atom is 0.243 e. The van der Waals surface area contributed by atoms with Gasteiger partial charge in [-0.2, -0.15) is 4.31 Å². The van der Waals surface area contributed by atoms with Crippen molar-refractivity contribution in [2.75, 3.05) is 41.3 Å². The van der Waals surface area contributed by atoms with Gasteiger partial charge in [0.2, 0.25) is 10.0 Å². The van der Waals surface area contributed by atoms with E-state index in [1.54, 1.807) is 16.4 Å². The standard InChI is InChI=1S/C16H26N4O2S/c1-18(2)16(19(3)4)17-13-14-7-9-15(10-8-14)23(21,22)20-11-5-6-12-20/h7-10H,5-6,11-13H2,1-4H3. The molecule has 7 heteroatoms. The Bertz CT molecular complexity index is 635. The van der Waals surface area contributed by atoms with Gasteiger partial charge in [0.05, 0.1) is 11.4 Å². The first kappa shape index (κ1) is 17.7. The zero-order valence-electron chi connectivity index (χ0n) is 14.4. The summed E-state index contributed by atoms with van der Waals surface area (Å²) in [5.74, 6) is 0.874. The zero-order valence-corrected chi connectivity index (χ0v) is 15.2. The average molecular weight is 338 g/mol. The molecule has 0 amide bonds. The van der Waals surface area contributed by atoms with Crippen LogP contribution in [0.25, 0.3) is 0 Å². The quantitative estimate of drug-likeness (QED) is 0.616. The molecule has 0 aromatic heterocycles. The molecule has 1 heterocycles. The number of hydrogen-bond donors (Lipinski definition) is 0. The Labute approximate surface area is 139 Å². The molecule has 128 valence electrons. The third-order valence-electron chi connectivity index (χ3n) is 3.83. The summed E-state index contributed by atoms with van der Waals surface area (Å²) in [6.07, 6.45) is 1.90. The molecule has 23 heavy (non-hydrogen) atoms. The SMILES string of the molecule is CN(C)C(=NCc1ccc(S(=O)(=O)N2CCCC2)cc1)N(C)C. The first-order chi connectivity index (χ1) is 10.8. The highest BCUT2D eigenvalue weighted by atomic mass is 32.2. The Morgan fingerprint density at radius 1 is 1.04 bits per heavy atom. The number of hydrogen-bond acceptors (Lipinski definition) is 3. The molecule has 0 saturated carbocycles. The zero-order chi connectivity index (χ0) is 17.0. The van der Waals surface area contributed by atoms with Crippen LogP contribution >= 0.6 is 0 Å². The minimum Gasteiger partial charge on any atom is -0.349 e. The van der Waals surface area contributed by atoms with Gasteiger partial charge in [0.25, 0.3) is 0 Å². The van der Waals surface area contributed by atoms with E-state index in [1.807, 2.05) is 50.1 Å². The molecule has 0 radical (unpaired) electrons. The molecule has 1 aliphatic rings. The molecule has 1 aliphatic heterocycles. The maximum atomic E-state index is 12.5. The van der Waals surface area contributed by atoms with Crippen LogP contribution in [0.3, 0.4) is 0 Å². The van der Waals surface area contributed by atoms with Crippen LogP contribution in [-0.4, -0.2) is 69.8 Å². The highest BCUT2D eigenvalue weighted by Crippen LogP contribution is 2.21. The summed E-state index contributed by atoms with van der Waals surface area (Å²) in [6.45, 7) is 1.78. The third-order valence-corrected chi connectivity index (χ3v) is 5.74. The van der Waals surface area contributed by atoms with Crippen LogP contribution in [0.15, 0.2) is 34.2 Å². The fourth-order valence-electron chi connectivity index (χ4n) is 2.69. The smallest absolute Gasteiger partial charge is 0.243 e. The molecule has 2 rings (SSSR count). The summed E-state index contributed by atoms with van der Waals surface area (Å²) in [5, 5.41) is 0. The van der Waals surface area contributed by atoms with Gasteiger partial charge in [-0.1, -0.05) is 12.1 Å². The van der Waals surface area contributed by atoms with E-state index in [4.69, 9.17) is 0 Å². The number of aliphatic imine (C=N–C) groups is 1. The van der Waals surface area contributed by atoms with Crippen LogP contribution in [0.4, 0.5) is 0 Å². The minimum atomic E-state index is -3.33. The number of nitrogens with zero attached hydrogens (tertiary/aromatic N) is 4. The normalized spacial score (nSPS) is 15.5. The predicted octanol–water partition coefficient (Wildman–Crippen LogP) is 1.45. The Morgan fingerprint density at radius 3 is 2.04 bits per heavy atom. The van der Waals surface area contributed by atoms with Crippen molar-refractivity contribution in [1.29, 1.82) is 0 Å². The molecule has 1 saturated heterocycles. The molecular formula is C16H26N4O2S. The molecule has 1 aromatic rings. The van der Waals surface area contributed by atoms with E-state index >= 15 is 0 Å². The molecule has 0 N–H and O–H groups in total. The van der Waals surface area contributed by atoms with Crippen LogP contribution in [0.5, 0.6) is 0 Å². The van der Waals surface area contributed by atoms with Gasteiger partial charge in [-0.3, -0.25) is 0 Å². The maximum absolute atomic E-state index is 12.5. The van der Waals surface area contributed by atoms with Crippen molar-refractivity contribution in [3.63, 3.8) is 0 Å². The largest absolute Gasteiger partial charge is 0.349 e. The molecule has 0 unspecified atom stereocenters. The molecule has 6 nitrogen and oxygen atoms in total. The highest BCUT2D eigenvalue weighted by Gasteiger charge is 2.26. The van der Waals surface area contributed by atoms with Crippen molar-refractivity contribution in [1.82, 2.24) is 14.1 Å². The highest BCUT2D eigenvalue weighted by molar-refractivity contribution is 7.89. The van der Waals surface area contributed by atoms with Crippen LogP contribution in [0.1, 0.15) is 18.4 Å². The van der Waals surface area contributed by atoms with Gasteiger partial charge in [-0.15, -0.1) is 0 Å². The van der Waals surface area contributed by atoms with Gasteiger partial charge in [-0.05, 0) is 30.5 Å². The van der Waals surface area contributed by atoms with E-state index < -0.39 is 10.0 Å². The van der Waals surface area contributed by atoms with Gasteiger partial charge >= 0.3 is 0 Å². The lowest BCUT2D eigenvalue weighted by atomic mass is 10.2. The van der Waals surface area contributed by atoms with Crippen molar-refractivity contribution >= 4 is 16.0 Å². The van der Waals surface area contributed by atoms with E-state index in [1.165, 1.54) is 0 Å². The van der Waals surface area contributed by atoms with Crippen molar-refractivity contribution in [3.05, 3.63) is 29.8 Å². The summed E-state index contributed by atoms with van der Waals surface area (Å²) in [4.78, 5) is 8.84. The Morgan fingerprint density at radius 2 is 1.57 bits per heavy atom. The molecule has 1 aromatic carbocycles. The second kappa shape index (κ2) is 7.31. The van der Waals surface area contributed by atoms with E-state index in [9.17, 15) is 8.42 Å². The second-order valence-corrected chi connectivity index (χ2v) is 8.10. The van der Waals surface area contributed by atoms with Gasteiger partial charge in [0.15, 0.2) is 5.96 Å². The van der Waals surface area contributed by atoms with Gasteiger partial charge in [0, 0.05) is 41.3 Å². The van der Waals surface area contributed by atoms with E-state index in [0.717, 1.165) is 24.4 Å². The molecular weight excluding hydrogens is 312 g/mol. The molecule has 0 bridgehead atoms. The summed E-state index contributed by atoms with van der Waals surface area (Å²) < 4.78 is 26.5. The van der Waals surface area contributed by atoms with E-state index in [2.05, 4.69) is 4.99 Å². The van der Waals surface area contributed by atoms with Gasteiger partial charge < -0.3 is 9.80 Å². The van der Waals surface area contributed by atoms with Crippen molar-refractivity contribution in [3.8, 4) is 0 Å². The van der Waals surface area contributed by atoms with Gasteiger partial charge in [-0.25, -0.2) is 13.4 Å². The lowest BCUT2D eigenvalue weighted by molar-refractivity contribution is 0.477. The minimum absolute atomic E-state index is 0.368. The Balaban J connectivity index is 2.12. The summed E-state index contributed by atoms with van der Waals surface area (Å²) in [5.41, 5.74) is 0.992. The van der Waals surface area contributed by atoms with Crippen molar-refractivity contribution in [2.45, 2.75) is 24.3 Å². The first-order valence-electron chi connectivity index (χ1n) is 7.80. The third kappa shape index (κ3) is 4.23. The molecule has 0 spiro atoms. The van der Waals surface area contributed by atoms with Crippen LogP contribution in [-0.2, 0) is 16.6 Å².